The zero-order valence-electron chi connectivity index (χ0n) is 9.74. The van der Waals surface area contributed by atoms with Crippen LogP contribution >= 0.6 is 11.6 Å². The van der Waals surface area contributed by atoms with Gasteiger partial charge in [-0.25, -0.2) is 0 Å². The van der Waals surface area contributed by atoms with Crippen molar-refractivity contribution >= 4 is 11.6 Å². The lowest BCUT2D eigenvalue weighted by Crippen LogP contribution is -2.24. The summed E-state index contributed by atoms with van der Waals surface area (Å²) < 4.78 is 39.5. The molecule has 2 atom stereocenters. The molecule has 0 spiro atoms. The number of alkyl halides is 3. The second-order valence-electron chi connectivity index (χ2n) is 4.05. The van der Waals surface area contributed by atoms with Gasteiger partial charge in [-0.3, -0.25) is 0 Å². The van der Waals surface area contributed by atoms with E-state index in [4.69, 9.17) is 21.1 Å². The average molecular weight is 279 g/mol. The van der Waals surface area contributed by atoms with E-state index in [1.807, 2.05) is 0 Å². The lowest BCUT2D eigenvalue weighted by Gasteiger charge is -2.23. The highest BCUT2D eigenvalue weighted by molar-refractivity contribution is 6.18. The molecule has 0 aromatic heterocycles. The van der Waals surface area contributed by atoms with E-state index in [9.17, 15) is 8.78 Å². The van der Waals surface area contributed by atoms with Gasteiger partial charge < -0.3 is 14.2 Å². The molecule has 1 aromatic rings. The van der Waals surface area contributed by atoms with Crippen molar-refractivity contribution in [2.45, 2.75) is 25.4 Å². The van der Waals surface area contributed by atoms with Crippen LogP contribution in [-0.2, 0) is 15.3 Å². The average Bonchev–Trinajstić information content (AvgIpc) is 2.72. The van der Waals surface area contributed by atoms with Gasteiger partial charge in [0.2, 0.25) is 0 Å². The molecule has 2 rings (SSSR count). The number of hydrogen-bond acceptors (Lipinski definition) is 3. The van der Waals surface area contributed by atoms with Gasteiger partial charge in [0.1, 0.15) is 5.75 Å². The van der Waals surface area contributed by atoms with Crippen molar-refractivity contribution in [1.29, 1.82) is 0 Å². The van der Waals surface area contributed by atoms with Crippen molar-refractivity contribution in [2.24, 2.45) is 0 Å². The molecule has 1 saturated heterocycles. The summed E-state index contributed by atoms with van der Waals surface area (Å²) in [6.45, 7) is -0.649. The van der Waals surface area contributed by atoms with Gasteiger partial charge in [0, 0.05) is 5.56 Å². The summed E-state index contributed by atoms with van der Waals surface area (Å²) in [6.07, 6.45) is -0.159. The van der Waals surface area contributed by atoms with Crippen molar-refractivity contribution in [3.8, 4) is 5.75 Å². The second kappa shape index (κ2) is 5.38. The third kappa shape index (κ3) is 2.91. The van der Waals surface area contributed by atoms with E-state index in [0.29, 0.717) is 12.5 Å². The van der Waals surface area contributed by atoms with Crippen LogP contribution in [0.25, 0.3) is 0 Å². The van der Waals surface area contributed by atoms with Gasteiger partial charge in [0.05, 0.1) is 18.6 Å². The molecule has 2 unspecified atom stereocenters. The third-order valence-electron chi connectivity index (χ3n) is 2.71. The molecule has 0 radical (unpaired) electrons. The molecule has 6 heteroatoms. The molecule has 0 aliphatic carbocycles. The molecule has 1 aliphatic rings. The zero-order chi connectivity index (χ0) is 13.2. The van der Waals surface area contributed by atoms with Crippen molar-refractivity contribution in [1.82, 2.24) is 0 Å². The highest BCUT2D eigenvalue weighted by Crippen LogP contribution is 2.34. The van der Waals surface area contributed by atoms with Crippen LogP contribution in [0.4, 0.5) is 8.78 Å². The normalized spacial score (nSPS) is 27.7. The summed E-state index contributed by atoms with van der Waals surface area (Å²) in [5.74, 6) is -0.435. The predicted octanol–water partition coefficient (Wildman–Crippen LogP) is 3.11. The molecular formula is C12H13ClF2O3. The Kier molecular flexibility index (Phi) is 4.04. The first-order valence-electron chi connectivity index (χ1n) is 5.46. The van der Waals surface area contributed by atoms with Gasteiger partial charge in [0.15, 0.2) is 5.79 Å². The minimum absolute atomic E-state index is 0.101. The number of ether oxygens (including phenoxy) is 3. The summed E-state index contributed by atoms with van der Waals surface area (Å²) >= 11 is 5.70. The van der Waals surface area contributed by atoms with Crippen LogP contribution in [0.5, 0.6) is 5.75 Å². The molecule has 0 bridgehead atoms. The summed E-state index contributed by atoms with van der Waals surface area (Å²) in [7, 11) is 0. The van der Waals surface area contributed by atoms with Gasteiger partial charge in [-0.15, -0.1) is 11.6 Å². The van der Waals surface area contributed by atoms with Crippen LogP contribution in [0.15, 0.2) is 24.3 Å². The molecule has 1 heterocycles. The summed E-state index contributed by atoms with van der Waals surface area (Å²) in [5, 5.41) is 0. The minimum atomic E-state index is -2.83. The van der Waals surface area contributed by atoms with Gasteiger partial charge in [0.25, 0.3) is 0 Å². The van der Waals surface area contributed by atoms with E-state index in [1.165, 1.54) is 12.1 Å². The zero-order valence-corrected chi connectivity index (χ0v) is 10.5. The van der Waals surface area contributed by atoms with Crippen molar-refractivity contribution in [3.05, 3.63) is 29.8 Å². The van der Waals surface area contributed by atoms with Crippen LogP contribution in [0.1, 0.15) is 12.5 Å². The molecule has 18 heavy (non-hydrogen) atoms. The highest BCUT2D eigenvalue weighted by Gasteiger charge is 2.38. The molecule has 1 aromatic carbocycles. The Labute approximate surface area is 109 Å². The summed E-state index contributed by atoms with van der Waals surface area (Å²) in [5.41, 5.74) is 0.733. The van der Waals surface area contributed by atoms with Crippen molar-refractivity contribution in [3.63, 3.8) is 0 Å². The van der Waals surface area contributed by atoms with E-state index in [0.717, 1.165) is 5.56 Å². The van der Waals surface area contributed by atoms with E-state index < -0.39 is 12.4 Å². The van der Waals surface area contributed by atoms with Crippen LogP contribution in [0, 0.1) is 0 Å². The third-order valence-corrected chi connectivity index (χ3v) is 3.06. The molecule has 0 N–H and O–H groups in total. The van der Waals surface area contributed by atoms with Crippen molar-refractivity contribution in [2.75, 3.05) is 12.5 Å². The maximum absolute atomic E-state index is 12.0. The number of rotatable bonds is 4. The van der Waals surface area contributed by atoms with E-state index in [-0.39, 0.29) is 11.9 Å². The first kappa shape index (κ1) is 13.5. The standard InChI is InChI=1S/C12H13ClF2O3/c1-12(16-7-10(6-13)18-12)8-2-4-9(5-3-8)17-11(14)15/h2-5,10-11H,6-7H2,1H3. The SMILES string of the molecule is CC1(c2ccc(OC(F)F)cc2)OCC(CCl)O1. The Balaban J connectivity index is 2.10. The Morgan fingerprint density at radius 1 is 1.44 bits per heavy atom. The Morgan fingerprint density at radius 3 is 2.61 bits per heavy atom. The maximum Gasteiger partial charge on any atom is 0.387 e. The first-order valence-corrected chi connectivity index (χ1v) is 6.00. The monoisotopic (exact) mass is 278 g/mol. The largest absolute Gasteiger partial charge is 0.435 e. The molecule has 1 fully saturated rings. The smallest absolute Gasteiger partial charge is 0.387 e. The summed E-state index contributed by atoms with van der Waals surface area (Å²) in [4.78, 5) is 0. The van der Waals surface area contributed by atoms with Gasteiger partial charge in [-0.1, -0.05) is 0 Å². The maximum atomic E-state index is 12.0. The highest BCUT2D eigenvalue weighted by atomic mass is 35.5. The fraction of sp³-hybridized carbons (Fsp3) is 0.500. The molecule has 3 nitrogen and oxygen atoms in total. The van der Waals surface area contributed by atoms with Gasteiger partial charge in [-0.05, 0) is 31.2 Å². The van der Waals surface area contributed by atoms with E-state index in [1.54, 1.807) is 19.1 Å². The van der Waals surface area contributed by atoms with E-state index in [2.05, 4.69) is 4.74 Å². The molecule has 1 aliphatic heterocycles. The molecule has 0 amide bonds. The Morgan fingerprint density at radius 2 is 2.11 bits per heavy atom. The lowest BCUT2D eigenvalue weighted by molar-refractivity contribution is -0.159. The molecule has 0 saturated carbocycles. The van der Waals surface area contributed by atoms with Gasteiger partial charge >= 0.3 is 6.61 Å². The fourth-order valence-corrected chi connectivity index (χ4v) is 1.96. The molecule has 100 valence electrons. The minimum Gasteiger partial charge on any atom is -0.435 e. The Hall–Kier alpha value is -0.910. The van der Waals surface area contributed by atoms with Crippen LogP contribution in [0.2, 0.25) is 0 Å². The van der Waals surface area contributed by atoms with Crippen LogP contribution < -0.4 is 4.74 Å². The van der Waals surface area contributed by atoms with Crippen molar-refractivity contribution < 1.29 is 23.0 Å². The fourth-order valence-electron chi connectivity index (χ4n) is 1.80. The van der Waals surface area contributed by atoms with E-state index >= 15 is 0 Å². The van der Waals surface area contributed by atoms with Crippen LogP contribution in [-0.4, -0.2) is 25.2 Å². The quantitative estimate of drug-likeness (QED) is 0.792. The lowest BCUT2D eigenvalue weighted by atomic mass is 10.1. The summed E-state index contributed by atoms with van der Waals surface area (Å²) in [6, 6.07) is 6.17. The van der Waals surface area contributed by atoms with Gasteiger partial charge in [-0.2, -0.15) is 8.78 Å². The first-order chi connectivity index (χ1) is 8.53. The predicted molar refractivity (Wildman–Crippen MR) is 62.0 cm³/mol. The number of hydrogen-bond donors (Lipinski definition) is 0. The number of halogens is 3. The number of benzene rings is 1. The molecular weight excluding hydrogens is 266 g/mol. The Bertz CT molecular complexity index is 399. The topological polar surface area (TPSA) is 27.7 Å². The van der Waals surface area contributed by atoms with Crippen LogP contribution in [0.3, 0.4) is 0 Å². The second-order valence-corrected chi connectivity index (χ2v) is 4.36.